The molecule has 0 radical (unpaired) electrons. The van der Waals surface area contributed by atoms with Crippen LogP contribution in [0.15, 0.2) is 42.5 Å². The first-order valence-corrected chi connectivity index (χ1v) is 11.5. The van der Waals surface area contributed by atoms with Gasteiger partial charge in [-0.3, -0.25) is 4.90 Å². The Hall–Kier alpha value is -2.41. The Kier molecular flexibility index (Phi) is 7.85. The summed E-state index contributed by atoms with van der Waals surface area (Å²) in [5, 5.41) is 0. The van der Waals surface area contributed by atoms with Crippen molar-refractivity contribution < 1.29 is 13.9 Å². The van der Waals surface area contributed by atoms with Crippen molar-refractivity contribution in [3.05, 3.63) is 53.8 Å². The van der Waals surface area contributed by atoms with E-state index in [1.54, 1.807) is 22.9 Å². The summed E-state index contributed by atoms with van der Waals surface area (Å²) in [6, 6.07) is 12.6. The number of benzene rings is 2. The number of rotatable bonds is 7. The molecule has 0 atom stereocenters. The molecule has 2 aromatic carbocycles. The van der Waals surface area contributed by atoms with Gasteiger partial charge in [0.25, 0.3) is 0 Å². The maximum absolute atomic E-state index is 14.1. The number of carbonyl (C=O) groups excluding carboxylic acids is 1. The second kappa shape index (κ2) is 10.6. The van der Waals surface area contributed by atoms with Crippen LogP contribution in [0.1, 0.15) is 19.4 Å². The van der Waals surface area contributed by atoms with E-state index in [1.807, 2.05) is 55.9 Å². The SMILES string of the molecule is CCN(CC)C(=O)N(C)c1ccc(COc2cc(F)cc(N3CCSCC3)c2)cc1. The van der Waals surface area contributed by atoms with E-state index >= 15 is 0 Å². The molecule has 162 valence electrons. The number of nitrogens with zero attached hydrogens (tertiary/aromatic N) is 3. The third-order valence-electron chi connectivity index (χ3n) is 5.28. The molecule has 1 fully saturated rings. The zero-order valence-corrected chi connectivity index (χ0v) is 18.8. The third-order valence-corrected chi connectivity index (χ3v) is 6.22. The molecule has 0 saturated carbocycles. The van der Waals surface area contributed by atoms with Crippen molar-refractivity contribution in [3.8, 4) is 5.75 Å². The quantitative estimate of drug-likeness (QED) is 0.628. The van der Waals surface area contributed by atoms with Crippen molar-refractivity contribution >= 4 is 29.2 Å². The Morgan fingerprint density at radius 2 is 1.77 bits per heavy atom. The van der Waals surface area contributed by atoms with Gasteiger partial charge in [-0.15, -0.1) is 0 Å². The van der Waals surface area contributed by atoms with E-state index in [1.165, 1.54) is 6.07 Å². The molecule has 2 aromatic rings. The first-order valence-electron chi connectivity index (χ1n) is 10.4. The highest BCUT2D eigenvalue weighted by molar-refractivity contribution is 7.99. The Morgan fingerprint density at radius 3 is 2.40 bits per heavy atom. The summed E-state index contributed by atoms with van der Waals surface area (Å²) in [5.41, 5.74) is 2.66. The van der Waals surface area contributed by atoms with E-state index in [4.69, 9.17) is 4.74 Å². The number of thioether (sulfide) groups is 1. The minimum atomic E-state index is -0.285. The standard InChI is InChI=1S/C23H30FN3O2S/c1-4-26(5-2)23(28)25(3)20-8-6-18(7-9-20)17-29-22-15-19(24)14-21(16-22)27-10-12-30-13-11-27/h6-9,14-16H,4-5,10-13,17H2,1-3H3. The number of hydrogen-bond donors (Lipinski definition) is 0. The molecule has 1 aliphatic rings. The largest absolute Gasteiger partial charge is 0.489 e. The highest BCUT2D eigenvalue weighted by Crippen LogP contribution is 2.26. The van der Waals surface area contributed by atoms with Crippen LogP contribution in [-0.4, -0.2) is 55.7 Å². The first-order chi connectivity index (χ1) is 14.5. The van der Waals surface area contributed by atoms with Gasteiger partial charge in [-0.25, -0.2) is 9.18 Å². The molecular formula is C23H30FN3O2S. The molecule has 0 N–H and O–H groups in total. The summed E-state index contributed by atoms with van der Waals surface area (Å²) < 4.78 is 20.0. The minimum Gasteiger partial charge on any atom is -0.489 e. The number of amides is 2. The fourth-order valence-corrected chi connectivity index (χ4v) is 4.34. The highest BCUT2D eigenvalue weighted by atomic mass is 32.2. The van der Waals surface area contributed by atoms with E-state index in [0.29, 0.717) is 25.4 Å². The van der Waals surface area contributed by atoms with E-state index in [-0.39, 0.29) is 11.8 Å². The van der Waals surface area contributed by atoms with Crippen molar-refractivity contribution in [2.45, 2.75) is 20.5 Å². The number of halogens is 1. The topological polar surface area (TPSA) is 36.0 Å². The lowest BCUT2D eigenvalue weighted by Gasteiger charge is -2.28. The highest BCUT2D eigenvalue weighted by Gasteiger charge is 2.16. The maximum Gasteiger partial charge on any atom is 0.324 e. The second-order valence-electron chi connectivity index (χ2n) is 7.21. The Labute approximate surface area is 182 Å². The lowest BCUT2D eigenvalue weighted by Crippen LogP contribution is -2.41. The summed E-state index contributed by atoms with van der Waals surface area (Å²) >= 11 is 1.92. The molecule has 0 aliphatic carbocycles. The molecule has 1 heterocycles. The van der Waals surface area contributed by atoms with Crippen molar-refractivity contribution in [1.82, 2.24) is 4.90 Å². The van der Waals surface area contributed by atoms with Gasteiger partial charge in [0.15, 0.2) is 0 Å². The van der Waals surface area contributed by atoms with Gasteiger partial charge in [0.05, 0.1) is 0 Å². The predicted molar refractivity (Wildman–Crippen MR) is 123 cm³/mol. The fraction of sp³-hybridized carbons (Fsp3) is 0.435. The smallest absolute Gasteiger partial charge is 0.324 e. The Balaban J connectivity index is 1.62. The van der Waals surface area contributed by atoms with Crippen molar-refractivity contribution in [1.29, 1.82) is 0 Å². The molecule has 0 aromatic heterocycles. The number of urea groups is 1. The molecule has 1 saturated heterocycles. The molecule has 30 heavy (non-hydrogen) atoms. The van der Waals surface area contributed by atoms with Crippen LogP contribution in [0.25, 0.3) is 0 Å². The zero-order valence-electron chi connectivity index (χ0n) is 17.9. The number of anilines is 2. The van der Waals surface area contributed by atoms with Crippen LogP contribution in [0, 0.1) is 5.82 Å². The third kappa shape index (κ3) is 5.59. The van der Waals surface area contributed by atoms with Crippen LogP contribution in [0.2, 0.25) is 0 Å². The normalized spacial score (nSPS) is 13.8. The summed E-state index contributed by atoms with van der Waals surface area (Å²) in [4.78, 5) is 18.1. The first kappa shape index (κ1) is 22.3. The zero-order chi connectivity index (χ0) is 21.5. The summed E-state index contributed by atoms with van der Waals surface area (Å²) in [6.07, 6.45) is 0. The average Bonchev–Trinajstić information content (AvgIpc) is 2.78. The molecule has 1 aliphatic heterocycles. The minimum absolute atomic E-state index is 0.0209. The van der Waals surface area contributed by atoms with Crippen molar-refractivity contribution in [2.75, 3.05) is 54.5 Å². The van der Waals surface area contributed by atoms with Gasteiger partial charge in [0.1, 0.15) is 18.2 Å². The molecule has 0 spiro atoms. The molecule has 5 nitrogen and oxygen atoms in total. The van der Waals surface area contributed by atoms with E-state index in [9.17, 15) is 9.18 Å². The van der Waals surface area contributed by atoms with Gasteiger partial charge in [-0.05, 0) is 37.6 Å². The van der Waals surface area contributed by atoms with Gasteiger partial charge in [-0.2, -0.15) is 11.8 Å². The molecule has 2 amide bonds. The van der Waals surface area contributed by atoms with Crippen LogP contribution in [0.5, 0.6) is 5.75 Å². The van der Waals surface area contributed by atoms with Crippen LogP contribution >= 0.6 is 11.8 Å². The van der Waals surface area contributed by atoms with Gasteiger partial charge in [-0.1, -0.05) is 12.1 Å². The second-order valence-corrected chi connectivity index (χ2v) is 8.44. The molecule has 0 bridgehead atoms. The predicted octanol–water partition coefficient (Wildman–Crippen LogP) is 4.86. The van der Waals surface area contributed by atoms with Gasteiger partial charge < -0.3 is 14.5 Å². The molecule has 7 heteroatoms. The lowest BCUT2D eigenvalue weighted by atomic mass is 10.2. The van der Waals surface area contributed by atoms with Crippen LogP contribution < -0.4 is 14.5 Å². The number of carbonyl (C=O) groups is 1. The monoisotopic (exact) mass is 431 g/mol. The summed E-state index contributed by atoms with van der Waals surface area (Å²) in [7, 11) is 1.78. The average molecular weight is 432 g/mol. The van der Waals surface area contributed by atoms with Gasteiger partial charge >= 0.3 is 6.03 Å². The summed E-state index contributed by atoms with van der Waals surface area (Å²) in [6.45, 7) is 7.49. The number of hydrogen-bond acceptors (Lipinski definition) is 4. The Morgan fingerprint density at radius 1 is 1.10 bits per heavy atom. The van der Waals surface area contributed by atoms with Crippen molar-refractivity contribution in [3.63, 3.8) is 0 Å². The molecular weight excluding hydrogens is 401 g/mol. The van der Waals surface area contributed by atoms with Gasteiger partial charge in [0, 0.05) is 68.2 Å². The van der Waals surface area contributed by atoms with E-state index < -0.39 is 0 Å². The number of ether oxygens (including phenoxy) is 1. The van der Waals surface area contributed by atoms with E-state index in [0.717, 1.165) is 41.5 Å². The Bertz CT molecular complexity index is 837. The van der Waals surface area contributed by atoms with Crippen LogP contribution in [0.4, 0.5) is 20.6 Å². The molecule has 0 unspecified atom stereocenters. The maximum atomic E-state index is 14.1. The lowest BCUT2D eigenvalue weighted by molar-refractivity contribution is 0.211. The van der Waals surface area contributed by atoms with Gasteiger partial charge in [0.2, 0.25) is 0 Å². The summed E-state index contributed by atoms with van der Waals surface area (Å²) in [5.74, 6) is 2.36. The van der Waals surface area contributed by atoms with Crippen LogP contribution in [0.3, 0.4) is 0 Å². The molecule has 3 rings (SSSR count). The van der Waals surface area contributed by atoms with Crippen molar-refractivity contribution in [2.24, 2.45) is 0 Å². The fourth-order valence-electron chi connectivity index (χ4n) is 3.43. The van der Waals surface area contributed by atoms with Crippen LogP contribution in [-0.2, 0) is 6.61 Å². The van der Waals surface area contributed by atoms with E-state index in [2.05, 4.69) is 4.90 Å².